The summed E-state index contributed by atoms with van der Waals surface area (Å²) < 4.78 is 5.64. The van der Waals surface area contributed by atoms with Gasteiger partial charge in [-0.3, -0.25) is 9.78 Å². The average molecular weight is 428 g/mol. The van der Waals surface area contributed by atoms with Crippen LogP contribution < -0.4 is 4.90 Å². The van der Waals surface area contributed by atoms with Crippen LogP contribution in [0.4, 0.5) is 5.82 Å². The molecule has 0 bridgehead atoms. The number of ketones is 1. The highest BCUT2D eigenvalue weighted by molar-refractivity contribution is 5.98. The van der Waals surface area contributed by atoms with E-state index < -0.39 is 0 Å². The van der Waals surface area contributed by atoms with Gasteiger partial charge >= 0.3 is 0 Å². The van der Waals surface area contributed by atoms with Crippen LogP contribution in [0.2, 0.25) is 0 Å². The maximum Gasteiger partial charge on any atom is 0.191 e. The SMILES string of the molecule is Cc1ncc(-c2ccc3cnc(CC(=O)c4ccnc(N5CCN(C)CC5)c4)cc3c2)o1. The first-order chi connectivity index (χ1) is 15.5. The van der Waals surface area contributed by atoms with Gasteiger partial charge in [-0.1, -0.05) is 12.1 Å². The van der Waals surface area contributed by atoms with Crippen LogP contribution in [0.1, 0.15) is 21.9 Å². The summed E-state index contributed by atoms with van der Waals surface area (Å²) in [4.78, 5) is 30.7. The highest BCUT2D eigenvalue weighted by Crippen LogP contribution is 2.25. The van der Waals surface area contributed by atoms with Gasteiger partial charge in [0.25, 0.3) is 0 Å². The number of carbonyl (C=O) groups excluding carboxylic acids is 1. The van der Waals surface area contributed by atoms with Crippen LogP contribution in [0.3, 0.4) is 0 Å². The van der Waals surface area contributed by atoms with Crippen LogP contribution in [0.5, 0.6) is 0 Å². The van der Waals surface area contributed by atoms with Crippen molar-refractivity contribution in [1.29, 1.82) is 0 Å². The molecule has 5 rings (SSSR count). The Bertz CT molecular complexity index is 1270. The maximum absolute atomic E-state index is 13.0. The van der Waals surface area contributed by atoms with Crippen LogP contribution >= 0.6 is 0 Å². The summed E-state index contributed by atoms with van der Waals surface area (Å²) in [6, 6.07) is 11.7. The number of likely N-dealkylation sites (N-methyl/N-ethyl adjacent to an activating group) is 1. The highest BCUT2D eigenvalue weighted by atomic mass is 16.4. The van der Waals surface area contributed by atoms with E-state index in [4.69, 9.17) is 4.42 Å². The van der Waals surface area contributed by atoms with Crippen LogP contribution in [-0.2, 0) is 6.42 Å². The molecule has 0 saturated carbocycles. The number of hydrogen-bond acceptors (Lipinski definition) is 7. The van der Waals surface area contributed by atoms with Gasteiger partial charge in [0.2, 0.25) is 0 Å². The van der Waals surface area contributed by atoms with Gasteiger partial charge in [0, 0.05) is 67.7 Å². The second-order valence-corrected chi connectivity index (χ2v) is 8.27. The Kier molecular flexibility index (Phi) is 5.41. The van der Waals surface area contributed by atoms with Crippen molar-refractivity contribution in [2.75, 3.05) is 38.1 Å². The Balaban J connectivity index is 1.36. The third kappa shape index (κ3) is 4.24. The molecule has 0 radical (unpaired) electrons. The van der Waals surface area contributed by atoms with E-state index in [9.17, 15) is 4.79 Å². The van der Waals surface area contributed by atoms with Crippen LogP contribution in [0, 0.1) is 6.92 Å². The summed E-state index contributed by atoms with van der Waals surface area (Å²) in [5, 5.41) is 2.03. The number of Topliss-reactive ketones (excluding diaryl/α,β-unsaturated/α-hetero) is 1. The summed E-state index contributed by atoms with van der Waals surface area (Å²) in [6.07, 6.45) is 5.51. The molecule has 7 heteroatoms. The molecule has 0 atom stereocenters. The third-order valence-electron chi connectivity index (χ3n) is 5.92. The summed E-state index contributed by atoms with van der Waals surface area (Å²) in [7, 11) is 2.12. The molecule has 0 amide bonds. The number of piperazine rings is 1. The minimum Gasteiger partial charge on any atom is -0.441 e. The zero-order chi connectivity index (χ0) is 22.1. The van der Waals surface area contributed by atoms with E-state index in [1.807, 2.05) is 43.5 Å². The van der Waals surface area contributed by atoms with Gasteiger partial charge in [-0.2, -0.15) is 0 Å². The Labute approximate surface area is 186 Å². The first kappa shape index (κ1) is 20.3. The van der Waals surface area contributed by atoms with Gasteiger partial charge in [-0.15, -0.1) is 0 Å². The number of aromatic nitrogens is 3. The van der Waals surface area contributed by atoms with Gasteiger partial charge in [-0.25, -0.2) is 9.97 Å². The van der Waals surface area contributed by atoms with E-state index in [1.165, 1.54) is 0 Å². The zero-order valence-corrected chi connectivity index (χ0v) is 18.3. The minimum absolute atomic E-state index is 0.0386. The summed E-state index contributed by atoms with van der Waals surface area (Å²) in [5.41, 5.74) is 2.36. The average Bonchev–Trinajstić information content (AvgIpc) is 3.25. The van der Waals surface area contributed by atoms with E-state index in [2.05, 4.69) is 31.8 Å². The Morgan fingerprint density at radius 2 is 1.81 bits per heavy atom. The molecule has 1 fully saturated rings. The van der Waals surface area contributed by atoms with Gasteiger partial charge < -0.3 is 14.2 Å². The van der Waals surface area contributed by atoms with Gasteiger partial charge in [-0.05, 0) is 36.7 Å². The molecule has 4 aromatic rings. The van der Waals surface area contributed by atoms with Gasteiger partial charge in [0.15, 0.2) is 17.4 Å². The van der Waals surface area contributed by atoms with Crippen LogP contribution in [0.15, 0.2) is 59.4 Å². The lowest BCUT2D eigenvalue weighted by atomic mass is 10.0. The monoisotopic (exact) mass is 427 g/mol. The van der Waals surface area contributed by atoms with Crippen molar-refractivity contribution in [1.82, 2.24) is 19.9 Å². The minimum atomic E-state index is 0.0386. The van der Waals surface area contributed by atoms with E-state index in [0.29, 0.717) is 11.5 Å². The van der Waals surface area contributed by atoms with Crippen molar-refractivity contribution in [3.8, 4) is 11.3 Å². The fourth-order valence-corrected chi connectivity index (χ4v) is 4.00. The molecule has 0 spiro atoms. The van der Waals surface area contributed by atoms with Crippen LogP contribution in [0.25, 0.3) is 22.1 Å². The van der Waals surface area contributed by atoms with Crippen molar-refractivity contribution < 1.29 is 9.21 Å². The molecule has 0 N–H and O–H groups in total. The number of aryl methyl sites for hydroxylation is 1. The van der Waals surface area contributed by atoms with Crippen LogP contribution in [-0.4, -0.2) is 58.9 Å². The lowest BCUT2D eigenvalue weighted by Gasteiger charge is -2.33. The van der Waals surface area contributed by atoms with Crippen molar-refractivity contribution in [2.45, 2.75) is 13.3 Å². The van der Waals surface area contributed by atoms with E-state index in [-0.39, 0.29) is 12.2 Å². The lowest BCUT2D eigenvalue weighted by molar-refractivity contribution is 0.0992. The highest BCUT2D eigenvalue weighted by Gasteiger charge is 2.17. The fraction of sp³-hybridized carbons (Fsp3) is 0.280. The van der Waals surface area contributed by atoms with Gasteiger partial charge in [0.05, 0.1) is 12.6 Å². The normalized spacial score (nSPS) is 14.8. The topological polar surface area (TPSA) is 75.4 Å². The van der Waals surface area contributed by atoms with Crippen molar-refractivity contribution in [2.24, 2.45) is 0 Å². The summed E-state index contributed by atoms with van der Waals surface area (Å²) >= 11 is 0. The molecule has 162 valence electrons. The molecule has 1 saturated heterocycles. The maximum atomic E-state index is 13.0. The molecule has 1 aromatic carbocycles. The Hall–Kier alpha value is -3.58. The summed E-state index contributed by atoms with van der Waals surface area (Å²) in [5.74, 6) is 2.26. The molecular weight excluding hydrogens is 402 g/mol. The first-order valence-electron chi connectivity index (χ1n) is 10.8. The second kappa shape index (κ2) is 8.51. The summed E-state index contributed by atoms with van der Waals surface area (Å²) in [6.45, 7) is 5.65. The number of benzene rings is 1. The number of oxazole rings is 1. The molecule has 1 aliphatic heterocycles. The number of hydrogen-bond donors (Lipinski definition) is 0. The zero-order valence-electron chi connectivity index (χ0n) is 18.3. The van der Waals surface area contributed by atoms with Gasteiger partial charge in [0.1, 0.15) is 5.82 Å². The number of anilines is 1. The van der Waals surface area contributed by atoms with E-state index in [0.717, 1.165) is 59.8 Å². The first-order valence-corrected chi connectivity index (χ1v) is 10.8. The Morgan fingerprint density at radius 3 is 2.59 bits per heavy atom. The molecule has 0 unspecified atom stereocenters. The Morgan fingerprint density at radius 1 is 0.969 bits per heavy atom. The molecule has 3 aromatic heterocycles. The number of nitrogens with zero attached hydrogens (tertiary/aromatic N) is 5. The molecule has 32 heavy (non-hydrogen) atoms. The smallest absolute Gasteiger partial charge is 0.191 e. The fourth-order valence-electron chi connectivity index (χ4n) is 4.00. The molecule has 7 nitrogen and oxygen atoms in total. The van der Waals surface area contributed by atoms with Crippen molar-refractivity contribution in [3.63, 3.8) is 0 Å². The van der Waals surface area contributed by atoms with E-state index in [1.54, 1.807) is 18.5 Å². The molecule has 0 aliphatic carbocycles. The number of carbonyl (C=O) groups is 1. The quantitative estimate of drug-likeness (QED) is 0.449. The largest absolute Gasteiger partial charge is 0.441 e. The lowest BCUT2D eigenvalue weighted by Crippen LogP contribution is -2.44. The third-order valence-corrected chi connectivity index (χ3v) is 5.92. The predicted molar refractivity (Wildman–Crippen MR) is 124 cm³/mol. The van der Waals surface area contributed by atoms with E-state index >= 15 is 0 Å². The molecule has 4 heterocycles. The number of fused-ring (bicyclic) bond motifs is 1. The number of pyridine rings is 2. The van der Waals surface area contributed by atoms with Crippen molar-refractivity contribution in [3.05, 3.63) is 72.1 Å². The standard InChI is InChI=1S/C25H25N5O2/c1-17-27-16-24(32-17)19-3-4-20-15-28-22(12-21(20)11-19)14-23(31)18-5-6-26-25(13-18)30-9-7-29(2)8-10-30/h3-6,11-13,15-16H,7-10,14H2,1-2H3. The second-order valence-electron chi connectivity index (χ2n) is 8.27. The molecule has 1 aliphatic rings. The predicted octanol–water partition coefficient (Wildman–Crippen LogP) is 3.77. The van der Waals surface area contributed by atoms with Crippen molar-refractivity contribution >= 4 is 22.4 Å². The molecular formula is C25H25N5O2. The number of rotatable bonds is 5.